The predicted octanol–water partition coefficient (Wildman–Crippen LogP) is -0.732. The maximum atomic E-state index is 11.8. The molecule has 0 spiro atoms. The van der Waals surface area contributed by atoms with E-state index in [1.165, 1.54) is 6.26 Å². The first-order valence-corrected chi connectivity index (χ1v) is 8.67. The number of nitrogen functional groups attached to an aromatic ring is 2. The van der Waals surface area contributed by atoms with Crippen molar-refractivity contribution in [2.24, 2.45) is 5.84 Å². The average Bonchev–Trinajstić information content (AvgIpc) is 2.37. The Morgan fingerprint density at radius 1 is 1.53 bits per heavy atom. The van der Waals surface area contributed by atoms with Crippen LogP contribution in [-0.2, 0) is 9.84 Å². The molecule has 0 bridgehead atoms. The number of nitrogens with one attached hydrogen (secondary N) is 1. The molecule has 0 amide bonds. The lowest BCUT2D eigenvalue weighted by Crippen LogP contribution is -2.47. The van der Waals surface area contributed by atoms with Crippen LogP contribution in [0.4, 0.5) is 17.6 Å². The molecule has 106 valence electrons. The van der Waals surface area contributed by atoms with Crippen molar-refractivity contribution in [1.29, 1.82) is 0 Å². The molecule has 1 aliphatic heterocycles. The van der Waals surface area contributed by atoms with Gasteiger partial charge in [-0.2, -0.15) is 21.7 Å². The minimum Gasteiger partial charge on any atom is -0.368 e. The lowest BCUT2D eigenvalue weighted by Gasteiger charge is -2.35. The first-order valence-electron chi connectivity index (χ1n) is 5.56. The maximum Gasteiger partial charge on any atom is 0.223 e. The van der Waals surface area contributed by atoms with E-state index in [2.05, 4.69) is 15.4 Å². The Morgan fingerprint density at radius 3 is 2.89 bits per heavy atom. The Balaban J connectivity index is 2.40. The van der Waals surface area contributed by atoms with Gasteiger partial charge in [0.15, 0.2) is 9.84 Å². The fraction of sp³-hybridized carbons (Fsp3) is 0.556. The number of anilines is 3. The highest BCUT2D eigenvalue weighted by Crippen LogP contribution is 2.26. The van der Waals surface area contributed by atoms with Gasteiger partial charge in [-0.25, -0.2) is 14.3 Å². The Hall–Kier alpha value is -1.26. The van der Waals surface area contributed by atoms with Crippen molar-refractivity contribution < 1.29 is 8.42 Å². The predicted molar refractivity (Wildman–Crippen MR) is 77.6 cm³/mol. The zero-order valence-corrected chi connectivity index (χ0v) is 12.0. The molecule has 2 rings (SSSR count). The summed E-state index contributed by atoms with van der Waals surface area (Å²) >= 11 is 1.61. The summed E-state index contributed by atoms with van der Waals surface area (Å²) in [5.74, 6) is 7.52. The number of sulfone groups is 1. The maximum absolute atomic E-state index is 11.8. The molecule has 5 N–H and O–H groups in total. The molecule has 1 saturated heterocycles. The normalized spacial score (nSPS) is 20.3. The van der Waals surface area contributed by atoms with Crippen LogP contribution in [0.5, 0.6) is 0 Å². The highest BCUT2D eigenvalue weighted by Gasteiger charge is 2.32. The van der Waals surface area contributed by atoms with E-state index < -0.39 is 15.2 Å². The van der Waals surface area contributed by atoms with Gasteiger partial charge in [0.1, 0.15) is 17.0 Å². The number of nitrogens with zero attached hydrogens (tertiary/aromatic N) is 3. The first kappa shape index (κ1) is 14.2. The minimum absolute atomic E-state index is 0.0518. The van der Waals surface area contributed by atoms with Crippen LogP contribution in [0.25, 0.3) is 0 Å². The first-order chi connectivity index (χ1) is 8.91. The van der Waals surface area contributed by atoms with Crippen LogP contribution in [0.1, 0.15) is 0 Å². The molecule has 2 heterocycles. The highest BCUT2D eigenvalue weighted by atomic mass is 32.2. The molecule has 0 saturated carbocycles. The van der Waals surface area contributed by atoms with Gasteiger partial charge < -0.3 is 16.1 Å². The van der Waals surface area contributed by atoms with Gasteiger partial charge in [-0.05, 0) is 0 Å². The fourth-order valence-corrected chi connectivity index (χ4v) is 4.70. The molecule has 0 aromatic carbocycles. The SMILES string of the molecule is CS(=O)(=O)C1CSCCN1c1cc(NN)nc(N)n1. The van der Waals surface area contributed by atoms with E-state index in [4.69, 9.17) is 11.6 Å². The number of nitrogens with two attached hydrogens (primary N) is 2. The van der Waals surface area contributed by atoms with Gasteiger partial charge in [0.2, 0.25) is 5.95 Å². The van der Waals surface area contributed by atoms with Crippen LogP contribution in [-0.4, -0.2) is 48.1 Å². The second-order valence-corrected chi connectivity index (χ2v) is 7.52. The van der Waals surface area contributed by atoms with Gasteiger partial charge in [-0.3, -0.25) is 0 Å². The molecular formula is C9H16N6O2S2. The number of rotatable bonds is 3. The van der Waals surface area contributed by atoms with E-state index >= 15 is 0 Å². The number of hydrazine groups is 1. The van der Waals surface area contributed by atoms with Crippen molar-refractivity contribution in [2.75, 3.05) is 40.4 Å². The van der Waals surface area contributed by atoms with E-state index in [1.54, 1.807) is 22.7 Å². The van der Waals surface area contributed by atoms with Crippen LogP contribution < -0.4 is 21.9 Å². The van der Waals surface area contributed by atoms with E-state index in [9.17, 15) is 8.42 Å². The standard InChI is InChI=1S/C9H16N6O2S2/c1-19(16,17)8-5-18-3-2-15(8)7-4-6(14-11)12-9(10)13-7/h4,8H,2-3,5,11H2,1H3,(H3,10,12,13,14). The quantitative estimate of drug-likeness (QED) is 0.489. The Bertz CT molecular complexity index is 564. The van der Waals surface area contributed by atoms with Crippen LogP contribution in [0.15, 0.2) is 6.07 Å². The largest absolute Gasteiger partial charge is 0.368 e. The van der Waals surface area contributed by atoms with E-state index in [1.807, 2.05) is 0 Å². The van der Waals surface area contributed by atoms with Crippen molar-refractivity contribution >= 4 is 39.2 Å². The smallest absolute Gasteiger partial charge is 0.223 e. The molecule has 1 aromatic rings. The molecule has 0 radical (unpaired) electrons. The zero-order chi connectivity index (χ0) is 14.0. The van der Waals surface area contributed by atoms with Gasteiger partial charge >= 0.3 is 0 Å². The van der Waals surface area contributed by atoms with Gasteiger partial charge in [0.25, 0.3) is 0 Å². The third-order valence-electron chi connectivity index (χ3n) is 2.75. The van der Waals surface area contributed by atoms with E-state index in [-0.39, 0.29) is 5.95 Å². The summed E-state index contributed by atoms with van der Waals surface area (Å²) in [6.07, 6.45) is 1.23. The second kappa shape index (κ2) is 5.39. The van der Waals surface area contributed by atoms with Crippen molar-refractivity contribution in [2.45, 2.75) is 5.37 Å². The lowest BCUT2D eigenvalue weighted by molar-refractivity contribution is 0.583. The van der Waals surface area contributed by atoms with Crippen molar-refractivity contribution in [3.8, 4) is 0 Å². The highest BCUT2D eigenvalue weighted by molar-refractivity contribution is 8.01. The molecule has 1 fully saturated rings. The molecule has 19 heavy (non-hydrogen) atoms. The average molecular weight is 304 g/mol. The Morgan fingerprint density at radius 2 is 2.26 bits per heavy atom. The van der Waals surface area contributed by atoms with Gasteiger partial charge in [-0.15, -0.1) is 0 Å². The van der Waals surface area contributed by atoms with E-state index in [0.717, 1.165) is 5.75 Å². The molecule has 10 heteroatoms. The summed E-state index contributed by atoms with van der Waals surface area (Å²) in [7, 11) is -3.20. The molecule has 0 aliphatic carbocycles. The van der Waals surface area contributed by atoms with Gasteiger partial charge in [0, 0.05) is 30.4 Å². The van der Waals surface area contributed by atoms with Crippen LogP contribution in [0.2, 0.25) is 0 Å². The summed E-state index contributed by atoms with van der Waals surface area (Å²) < 4.78 is 23.7. The number of thioether (sulfide) groups is 1. The van der Waals surface area contributed by atoms with Crippen LogP contribution >= 0.6 is 11.8 Å². The third kappa shape index (κ3) is 3.19. The molecule has 1 atom stereocenters. The third-order valence-corrected chi connectivity index (χ3v) is 5.39. The summed E-state index contributed by atoms with van der Waals surface area (Å²) in [6, 6.07) is 1.59. The zero-order valence-electron chi connectivity index (χ0n) is 10.4. The fourth-order valence-electron chi connectivity index (χ4n) is 1.87. The Kier molecular flexibility index (Phi) is 4.02. The molecular weight excluding hydrogens is 288 g/mol. The molecule has 1 aliphatic rings. The van der Waals surface area contributed by atoms with Gasteiger partial charge in [-0.1, -0.05) is 0 Å². The summed E-state index contributed by atoms with van der Waals surface area (Å²) in [5, 5.41) is -0.605. The number of hydrogen-bond donors (Lipinski definition) is 3. The van der Waals surface area contributed by atoms with Gasteiger partial charge in [0.05, 0.1) is 0 Å². The topological polar surface area (TPSA) is 127 Å². The summed E-state index contributed by atoms with van der Waals surface area (Å²) in [6.45, 7) is 0.586. The molecule has 1 unspecified atom stereocenters. The number of aromatic nitrogens is 2. The molecule has 8 nitrogen and oxygen atoms in total. The van der Waals surface area contributed by atoms with Crippen LogP contribution in [0.3, 0.4) is 0 Å². The monoisotopic (exact) mass is 304 g/mol. The Labute approximate surface area is 115 Å². The second-order valence-electron chi connectivity index (χ2n) is 4.17. The van der Waals surface area contributed by atoms with Crippen molar-refractivity contribution in [3.63, 3.8) is 0 Å². The summed E-state index contributed by atoms with van der Waals surface area (Å²) in [4.78, 5) is 9.70. The molecule has 1 aromatic heterocycles. The van der Waals surface area contributed by atoms with Crippen LogP contribution in [0, 0.1) is 0 Å². The van der Waals surface area contributed by atoms with E-state index in [0.29, 0.717) is 23.9 Å². The lowest BCUT2D eigenvalue weighted by atomic mass is 10.4. The minimum atomic E-state index is -3.20. The number of hydrogen-bond acceptors (Lipinski definition) is 9. The summed E-state index contributed by atoms with van der Waals surface area (Å²) in [5.41, 5.74) is 7.99. The van der Waals surface area contributed by atoms with Crippen molar-refractivity contribution in [1.82, 2.24) is 9.97 Å². The van der Waals surface area contributed by atoms with Crippen molar-refractivity contribution in [3.05, 3.63) is 6.07 Å².